The smallest absolute Gasteiger partial charge is 0.249 e. The summed E-state index contributed by atoms with van der Waals surface area (Å²) in [6.07, 6.45) is 0. The zero-order chi connectivity index (χ0) is 57.1. The molecule has 12 aromatic rings. The Morgan fingerprint density at radius 1 is 0.519 bits per heavy atom. The minimum absolute atomic E-state index is 0.180. The summed E-state index contributed by atoms with van der Waals surface area (Å²) < 4.78 is 53.4. The molecule has 0 N–H and O–H groups in total. The molecule has 0 fully saturated rings. The molecule has 77 heavy (non-hydrogen) atoms. The molecule has 0 aliphatic carbocycles. The summed E-state index contributed by atoms with van der Waals surface area (Å²) in [7, 11) is 0. The number of anilines is 3. The van der Waals surface area contributed by atoms with Crippen LogP contribution >= 0.6 is 11.8 Å². The van der Waals surface area contributed by atoms with Gasteiger partial charge in [0.15, 0.2) is 0 Å². The molecule has 8 aromatic carbocycles. The van der Waals surface area contributed by atoms with Gasteiger partial charge in [-0.1, -0.05) is 195 Å². The van der Waals surface area contributed by atoms with Gasteiger partial charge in [0.25, 0.3) is 0 Å². The molecule has 0 saturated carbocycles. The normalized spacial score (nSPS) is 14.3. The van der Waals surface area contributed by atoms with Gasteiger partial charge >= 0.3 is 0 Å². The fraction of sp³-hybridized carbons (Fsp3) is 0.171. The fourth-order valence-electron chi connectivity index (χ4n) is 11.8. The molecule has 0 spiro atoms. The number of furan rings is 1. The standard InChI is InChI=1S/C70H59BN4OS/c1-68(2,3)44-39-58-65-61(40-44)77-60-37-32-43(42-20-11-10-12-21-42)38-52(60)71(65)51-35-33-45(74-55-28-15-13-23-50(55)64-56(74)36-34-47-46-22-14-16-29-59(46)76-67(47)64)41-57(51)75(58)66-48(53-26-18-30-62(72-53)69(4,5)6)24-17-25-49(66)54-27-19-31-63(73-54)70(7,8)9/h10-41H,1-9H3/i10D,11D,12D,20D,21D. The van der Waals surface area contributed by atoms with Gasteiger partial charge in [-0.05, 0) is 112 Å². The van der Waals surface area contributed by atoms with E-state index in [4.69, 9.17) is 21.2 Å². The molecule has 5 nitrogen and oxygen atoms in total. The van der Waals surface area contributed by atoms with Crippen LogP contribution in [0.1, 0.15) is 86.1 Å². The third kappa shape index (κ3) is 7.60. The van der Waals surface area contributed by atoms with Crippen LogP contribution < -0.4 is 21.3 Å². The highest BCUT2D eigenvalue weighted by atomic mass is 32.2. The van der Waals surface area contributed by atoms with Crippen LogP contribution in [0.25, 0.3) is 83.1 Å². The van der Waals surface area contributed by atoms with Crippen molar-refractivity contribution in [3.05, 3.63) is 211 Å². The summed E-state index contributed by atoms with van der Waals surface area (Å²) in [4.78, 5) is 15.7. The minimum atomic E-state index is -0.414. The molecule has 2 aliphatic rings. The number of pyridine rings is 2. The van der Waals surface area contributed by atoms with E-state index >= 15 is 0 Å². The predicted octanol–water partition coefficient (Wildman–Crippen LogP) is 17.1. The maximum Gasteiger partial charge on any atom is 0.249 e. The average molecular weight is 1020 g/mol. The van der Waals surface area contributed by atoms with Crippen molar-refractivity contribution in [3.8, 4) is 39.3 Å². The quantitative estimate of drug-likeness (QED) is 0.161. The highest BCUT2D eigenvalue weighted by Gasteiger charge is 2.43. The maximum absolute atomic E-state index is 9.14. The molecule has 0 atom stereocenters. The van der Waals surface area contributed by atoms with Crippen LogP contribution in [0.2, 0.25) is 0 Å². The van der Waals surface area contributed by atoms with Crippen molar-refractivity contribution in [2.45, 2.75) is 88.3 Å². The first-order valence-electron chi connectivity index (χ1n) is 29.1. The summed E-state index contributed by atoms with van der Waals surface area (Å²) >= 11 is 1.73. The number of hydrogen-bond donors (Lipinski definition) is 0. The Bertz CT molecular complexity index is 4610. The van der Waals surface area contributed by atoms with Crippen molar-refractivity contribution >= 4 is 95.7 Å². The molecule has 2 aliphatic heterocycles. The monoisotopic (exact) mass is 1020 g/mol. The van der Waals surface area contributed by atoms with Crippen LogP contribution in [0.3, 0.4) is 0 Å². The van der Waals surface area contributed by atoms with Crippen LogP contribution in [0, 0.1) is 0 Å². The average Bonchev–Trinajstić information content (AvgIpc) is 2.91. The summed E-state index contributed by atoms with van der Waals surface area (Å²) in [6.45, 7) is 19.7. The van der Waals surface area contributed by atoms with Crippen molar-refractivity contribution in [1.29, 1.82) is 0 Å². The fourth-order valence-corrected chi connectivity index (χ4v) is 13.0. The second-order valence-electron chi connectivity index (χ2n) is 23.8. The SMILES string of the molecule is [2H]c1c([2H])c([2H])c(-c2ccc3c(c2)B2c4ccc(-n5c6ccccc6c6c7oc8ccccc8c7ccc65)cc4N(c4c(-c5cccc(C(C)(C)C)n5)cccc4-c4cccc(C(C)(C)C)n4)c4cc(C(C)(C)C)cc(c42)S3)c([2H])c1[2H]. The summed E-state index contributed by atoms with van der Waals surface area (Å²) in [5.74, 6) is 0. The highest BCUT2D eigenvalue weighted by molar-refractivity contribution is 8.00. The molecule has 374 valence electrons. The number of rotatable bonds is 5. The van der Waals surface area contributed by atoms with E-state index < -0.39 is 6.04 Å². The predicted molar refractivity (Wildman–Crippen MR) is 326 cm³/mol. The molecule has 14 rings (SSSR count). The van der Waals surface area contributed by atoms with Gasteiger partial charge in [0, 0.05) is 76.4 Å². The van der Waals surface area contributed by atoms with Crippen LogP contribution in [0.4, 0.5) is 17.1 Å². The number of aromatic nitrogens is 3. The molecular formula is C70H59BN4OS. The lowest BCUT2D eigenvalue weighted by Gasteiger charge is -2.42. The molecule has 0 saturated heterocycles. The summed E-state index contributed by atoms with van der Waals surface area (Å²) in [5, 5.41) is 4.28. The second-order valence-corrected chi connectivity index (χ2v) is 24.9. The Kier molecular flexibility index (Phi) is 9.39. The van der Waals surface area contributed by atoms with Crippen molar-refractivity contribution in [1.82, 2.24) is 14.5 Å². The minimum Gasteiger partial charge on any atom is -0.455 e. The van der Waals surface area contributed by atoms with Gasteiger partial charge in [-0.3, -0.25) is 9.97 Å². The Balaban J connectivity index is 1.12. The number of nitrogens with zero attached hydrogens (tertiary/aromatic N) is 4. The topological polar surface area (TPSA) is 47.1 Å². The largest absolute Gasteiger partial charge is 0.455 e. The Hall–Kier alpha value is -8.13. The van der Waals surface area contributed by atoms with E-state index in [-0.39, 0.29) is 52.7 Å². The van der Waals surface area contributed by atoms with E-state index in [2.05, 4.69) is 217 Å². The maximum atomic E-state index is 9.14. The zero-order valence-corrected chi connectivity index (χ0v) is 45.6. The third-order valence-electron chi connectivity index (χ3n) is 15.7. The summed E-state index contributed by atoms with van der Waals surface area (Å²) in [5.41, 5.74) is 17.6. The van der Waals surface area contributed by atoms with Crippen molar-refractivity contribution in [3.63, 3.8) is 0 Å². The van der Waals surface area contributed by atoms with Crippen molar-refractivity contribution in [2.75, 3.05) is 4.90 Å². The molecule has 0 radical (unpaired) electrons. The third-order valence-corrected chi connectivity index (χ3v) is 16.8. The van der Waals surface area contributed by atoms with Gasteiger partial charge in [0.2, 0.25) is 6.71 Å². The van der Waals surface area contributed by atoms with Crippen LogP contribution in [-0.4, -0.2) is 21.2 Å². The Labute approximate surface area is 462 Å². The van der Waals surface area contributed by atoms with Crippen molar-refractivity contribution < 1.29 is 11.3 Å². The van der Waals surface area contributed by atoms with Gasteiger partial charge in [-0.2, -0.15) is 0 Å². The lowest BCUT2D eigenvalue weighted by Crippen LogP contribution is -2.60. The van der Waals surface area contributed by atoms with Crippen LogP contribution in [0.5, 0.6) is 0 Å². The van der Waals surface area contributed by atoms with E-state index in [1.54, 1.807) is 11.8 Å². The molecule has 6 heterocycles. The zero-order valence-electron chi connectivity index (χ0n) is 49.8. The molecule has 0 bridgehead atoms. The van der Waals surface area contributed by atoms with Crippen LogP contribution in [-0.2, 0) is 16.2 Å². The number of benzene rings is 8. The van der Waals surface area contributed by atoms with E-state index in [1.165, 1.54) is 5.56 Å². The first-order chi connectivity index (χ1) is 39.2. The molecular weight excluding hydrogens is 956 g/mol. The van der Waals surface area contributed by atoms with Gasteiger partial charge < -0.3 is 13.9 Å². The van der Waals surface area contributed by atoms with Crippen molar-refractivity contribution in [2.24, 2.45) is 0 Å². The second kappa shape index (κ2) is 17.2. The van der Waals surface area contributed by atoms with Gasteiger partial charge in [0.05, 0.1) is 40.3 Å². The van der Waals surface area contributed by atoms with Crippen LogP contribution in [0.15, 0.2) is 208 Å². The highest BCUT2D eigenvalue weighted by Crippen LogP contribution is 2.51. The number of hydrogen-bond acceptors (Lipinski definition) is 5. The molecule has 0 unspecified atom stereocenters. The molecule has 4 aromatic heterocycles. The van der Waals surface area contributed by atoms with Gasteiger partial charge in [0.1, 0.15) is 11.2 Å². The van der Waals surface area contributed by atoms with E-state index in [0.717, 1.165) is 127 Å². The number of para-hydroxylation sites is 3. The van der Waals surface area contributed by atoms with Gasteiger partial charge in [-0.15, -0.1) is 0 Å². The molecule has 0 amide bonds. The lowest BCUT2D eigenvalue weighted by atomic mass is 9.34. The number of fused-ring (bicyclic) bond motifs is 11. The van der Waals surface area contributed by atoms with E-state index in [9.17, 15) is 0 Å². The first kappa shape index (κ1) is 42.0. The first-order valence-corrected chi connectivity index (χ1v) is 27.4. The molecule has 7 heteroatoms. The Morgan fingerprint density at radius 3 is 1.90 bits per heavy atom. The van der Waals surface area contributed by atoms with Gasteiger partial charge in [-0.25, -0.2) is 0 Å². The summed E-state index contributed by atoms with van der Waals surface area (Å²) in [6, 6.07) is 56.7. The Morgan fingerprint density at radius 2 is 1.19 bits per heavy atom. The van der Waals surface area contributed by atoms with E-state index in [1.807, 2.05) is 18.2 Å². The van der Waals surface area contributed by atoms with E-state index in [0.29, 0.717) is 5.56 Å². The lowest BCUT2D eigenvalue weighted by molar-refractivity contribution is 0.569.